The van der Waals surface area contributed by atoms with Crippen molar-refractivity contribution >= 4 is 46.6 Å². The standard InChI is InChI=1S/C24H27ClFN5O4/c1-24(2)13-27-22(33)31(24)16-8-9-19(18(26)10-16)29-21(32)20-11-17(35-3)12-30(20)23(34)28-15-6-4-14(25)5-7-15/h4-10,17,20H,11-13H2,1-3H3,(H,27,33)(H,28,34)(H,29,32)/t17-,20-/m1/s1. The molecule has 2 aliphatic rings. The van der Waals surface area contributed by atoms with Crippen LogP contribution >= 0.6 is 11.6 Å². The van der Waals surface area contributed by atoms with Crippen molar-refractivity contribution < 1.29 is 23.5 Å². The number of carbonyl (C=O) groups excluding carboxylic acids is 3. The van der Waals surface area contributed by atoms with Gasteiger partial charge >= 0.3 is 12.1 Å². The van der Waals surface area contributed by atoms with Gasteiger partial charge in [-0.1, -0.05) is 11.6 Å². The molecule has 2 saturated heterocycles. The number of methoxy groups -OCH3 is 1. The Morgan fingerprint density at radius 3 is 2.49 bits per heavy atom. The zero-order chi connectivity index (χ0) is 25.3. The van der Waals surface area contributed by atoms with Gasteiger partial charge in [0.1, 0.15) is 11.9 Å². The predicted octanol–water partition coefficient (Wildman–Crippen LogP) is 4.05. The number of hydrogen-bond acceptors (Lipinski definition) is 4. The molecule has 2 atom stereocenters. The van der Waals surface area contributed by atoms with Gasteiger partial charge in [-0.3, -0.25) is 9.69 Å². The smallest absolute Gasteiger partial charge is 0.322 e. The van der Waals surface area contributed by atoms with Crippen LogP contribution in [0.15, 0.2) is 42.5 Å². The maximum Gasteiger partial charge on any atom is 0.322 e. The number of anilines is 3. The lowest BCUT2D eigenvalue weighted by atomic mass is 10.0. The van der Waals surface area contributed by atoms with Crippen LogP contribution in [0.25, 0.3) is 0 Å². The molecule has 0 unspecified atom stereocenters. The molecule has 35 heavy (non-hydrogen) atoms. The second-order valence-corrected chi connectivity index (χ2v) is 9.60. The second-order valence-electron chi connectivity index (χ2n) is 9.16. The van der Waals surface area contributed by atoms with Crippen LogP contribution < -0.4 is 20.9 Å². The molecular formula is C24H27ClFN5O4. The molecule has 0 aromatic heterocycles. The third-order valence-corrected chi connectivity index (χ3v) is 6.46. The lowest BCUT2D eigenvalue weighted by molar-refractivity contribution is -0.119. The quantitative estimate of drug-likeness (QED) is 0.572. The molecule has 4 rings (SSSR count). The van der Waals surface area contributed by atoms with Crippen molar-refractivity contribution in [2.75, 3.05) is 35.7 Å². The summed E-state index contributed by atoms with van der Waals surface area (Å²) in [5, 5.41) is 8.59. The van der Waals surface area contributed by atoms with E-state index in [0.717, 1.165) is 0 Å². The molecule has 2 aromatic carbocycles. The van der Waals surface area contributed by atoms with E-state index in [4.69, 9.17) is 16.3 Å². The Morgan fingerprint density at radius 1 is 1.17 bits per heavy atom. The van der Waals surface area contributed by atoms with Crippen LogP contribution in [0.5, 0.6) is 0 Å². The Labute approximate surface area is 207 Å². The number of nitrogens with zero attached hydrogens (tertiary/aromatic N) is 2. The van der Waals surface area contributed by atoms with E-state index in [1.165, 1.54) is 29.0 Å². The van der Waals surface area contributed by atoms with Gasteiger partial charge in [0.05, 0.1) is 17.3 Å². The van der Waals surface area contributed by atoms with Crippen LogP contribution in [0.2, 0.25) is 5.02 Å². The fraction of sp³-hybridized carbons (Fsp3) is 0.375. The SMILES string of the molecule is CO[C@@H]1C[C@H](C(=O)Nc2ccc(N3C(=O)NCC3(C)C)cc2F)N(C(=O)Nc2ccc(Cl)cc2)C1. The zero-order valence-corrected chi connectivity index (χ0v) is 20.4. The van der Waals surface area contributed by atoms with E-state index in [1.54, 1.807) is 30.3 Å². The Kier molecular flexibility index (Phi) is 6.86. The summed E-state index contributed by atoms with van der Waals surface area (Å²) in [6.45, 7) is 4.37. The van der Waals surface area contributed by atoms with Gasteiger partial charge in [0, 0.05) is 43.0 Å². The molecule has 0 spiro atoms. The van der Waals surface area contributed by atoms with Gasteiger partial charge in [0.15, 0.2) is 0 Å². The minimum Gasteiger partial charge on any atom is -0.380 e. The molecule has 0 aliphatic carbocycles. The van der Waals surface area contributed by atoms with E-state index in [0.29, 0.717) is 22.9 Å². The summed E-state index contributed by atoms with van der Waals surface area (Å²) >= 11 is 5.89. The number of hydrogen-bond donors (Lipinski definition) is 3. The van der Waals surface area contributed by atoms with Crippen molar-refractivity contribution in [3.63, 3.8) is 0 Å². The molecule has 186 valence electrons. The first-order valence-electron chi connectivity index (χ1n) is 11.1. The second kappa shape index (κ2) is 9.71. The average molecular weight is 504 g/mol. The highest BCUT2D eigenvalue weighted by molar-refractivity contribution is 6.30. The molecule has 0 radical (unpaired) electrons. The number of halogens is 2. The molecule has 2 heterocycles. The topological polar surface area (TPSA) is 103 Å². The monoisotopic (exact) mass is 503 g/mol. The Bertz CT molecular complexity index is 1140. The number of carbonyl (C=O) groups is 3. The fourth-order valence-corrected chi connectivity index (χ4v) is 4.45. The average Bonchev–Trinajstić information content (AvgIpc) is 3.37. The molecule has 11 heteroatoms. The van der Waals surface area contributed by atoms with E-state index < -0.39 is 29.3 Å². The van der Waals surface area contributed by atoms with Gasteiger partial charge in [-0.15, -0.1) is 0 Å². The van der Waals surface area contributed by atoms with Crippen molar-refractivity contribution in [2.24, 2.45) is 0 Å². The summed E-state index contributed by atoms with van der Waals surface area (Å²) in [6.07, 6.45) is -0.0806. The molecule has 2 fully saturated rings. The van der Waals surface area contributed by atoms with Crippen molar-refractivity contribution in [1.29, 1.82) is 0 Å². The fourth-order valence-electron chi connectivity index (χ4n) is 4.32. The Hall–Kier alpha value is -3.37. The number of urea groups is 2. The molecule has 0 saturated carbocycles. The minimum atomic E-state index is -0.866. The largest absolute Gasteiger partial charge is 0.380 e. The predicted molar refractivity (Wildman–Crippen MR) is 131 cm³/mol. The lowest BCUT2D eigenvalue weighted by Gasteiger charge is -2.30. The summed E-state index contributed by atoms with van der Waals surface area (Å²) in [6, 6.07) is 9.11. The van der Waals surface area contributed by atoms with Gasteiger partial charge < -0.3 is 25.6 Å². The van der Waals surface area contributed by atoms with E-state index >= 15 is 0 Å². The van der Waals surface area contributed by atoms with Crippen LogP contribution in [-0.4, -0.2) is 60.8 Å². The van der Waals surface area contributed by atoms with Crippen molar-refractivity contribution in [2.45, 2.75) is 38.0 Å². The number of likely N-dealkylation sites (tertiary alicyclic amines) is 1. The highest BCUT2D eigenvalue weighted by Crippen LogP contribution is 2.31. The lowest BCUT2D eigenvalue weighted by Crippen LogP contribution is -2.45. The Balaban J connectivity index is 1.48. The third-order valence-electron chi connectivity index (χ3n) is 6.20. The summed E-state index contributed by atoms with van der Waals surface area (Å²) in [7, 11) is 1.51. The maximum atomic E-state index is 14.9. The van der Waals surface area contributed by atoms with E-state index in [9.17, 15) is 18.8 Å². The number of ether oxygens (including phenoxy) is 1. The summed E-state index contributed by atoms with van der Waals surface area (Å²) in [5.74, 6) is -1.23. The van der Waals surface area contributed by atoms with Gasteiger partial charge in [0.2, 0.25) is 5.91 Å². The Morgan fingerprint density at radius 2 is 1.89 bits per heavy atom. The highest BCUT2D eigenvalue weighted by Gasteiger charge is 2.41. The number of amides is 5. The molecular weight excluding hydrogens is 477 g/mol. The molecule has 2 aliphatic heterocycles. The molecule has 2 aromatic rings. The number of benzene rings is 2. The number of nitrogens with one attached hydrogen (secondary N) is 3. The first-order valence-corrected chi connectivity index (χ1v) is 11.5. The van der Waals surface area contributed by atoms with E-state index in [2.05, 4.69) is 16.0 Å². The van der Waals surface area contributed by atoms with Gasteiger partial charge in [0.25, 0.3) is 0 Å². The van der Waals surface area contributed by atoms with E-state index in [-0.39, 0.29) is 30.8 Å². The maximum absolute atomic E-state index is 14.9. The normalized spacial score (nSPS) is 21.1. The highest BCUT2D eigenvalue weighted by atomic mass is 35.5. The van der Waals surface area contributed by atoms with E-state index in [1.807, 2.05) is 13.8 Å². The summed E-state index contributed by atoms with van der Waals surface area (Å²) < 4.78 is 20.3. The van der Waals surface area contributed by atoms with Crippen molar-refractivity contribution in [3.8, 4) is 0 Å². The number of rotatable bonds is 5. The molecule has 3 N–H and O–H groups in total. The van der Waals surface area contributed by atoms with Crippen LogP contribution in [0.1, 0.15) is 20.3 Å². The van der Waals surface area contributed by atoms with Gasteiger partial charge in [-0.25, -0.2) is 14.0 Å². The first kappa shape index (κ1) is 24.7. The van der Waals surface area contributed by atoms with Crippen LogP contribution in [0.4, 0.5) is 31.0 Å². The zero-order valence-electron chi connectivity index (χ0n) is 19.6. The van der Waals surface area contributed by atoms with Gasteiger partial charge in [-0.05, 0) is 56.3 Å². The van der Waals surface area contributed by atoms with Crippen LogP contribution in [0, 0.1) is 5.82 Å². The molecule has 5 amide bonds. The molecule has 0 bridgehead atoms. The van der Waals surface area contributed by atoms with Gasteiger partial charge in [-0.2, -0.15) is 0 Å². The molecule has 9 nitrogen and oxygen atoms in total. The van der Waals surface area contributed by atoms with Crippen molar-refractivity contribution in [3.05, 3.63) is 53.3 Å². The van der Waals surface area contributed by atoms with Crippen LogP contribution in [-0.2, 0) is 9.53 Å². The summed E-state index contributed by atoms with van der Waals surface area (Å²) in [5.41, 5.74) is 0.334. The minimum absolute atomic E-state index is 0.0462. The van der Waals surface area contributed by atoms with Crippen molar-refractivity contribution in [1.82, 2.24) is 10.2 Å². The third kappa shape index (κ3) is 5.18. The summed E-state index contributed by atoms with van der Waals surface area (Å²) in [4.78, 5) is 41.0. The van der Waals surface area contributed by atoms with Crippen LogP contribution in [0.3, 0.4) is 0 Å². The first-order chi connectivity index (χ1) is 16.6.